The molecule has 0 fully saturated rings. The maximum Gasteiger partial charge on any atom is 0.335 e. The van der Waals surface area contributed by atoms with Crippen molar-refractivity contribution < 1.29 is 14.7 Å². The predicted octanol–water partition coefficient (Wildman–Crippen LogP) is 2.18. The molecule has 4 heteroatoms. The zero-order valence-corrected chi connectivity index (χ0v) is 10.2. The van der Waals surface area contributed by atoms with E-state index >= 15 is 0 Å². The van der Waals surface area contributed by atoms with Gasteiger partial charge in [0, 0.05) is 18.7 Å². The maximum atomic E-state index is 12.2. The van der Waals surface area contributed by atoms with Crippen LogP contribution in [0.1, 0.15) is 34.1 Å². The van der Waals surface area contributed by atoms with E-state index in [4.69, 9.17) is 5.11 Å². The van der Waals surface area contributed by atoms with E-state index in [9.17, 15) is 9.59 Å². The molecule has 18 heavy (non-hydrogen) atoms. The van der Waals surface area contributed by atoms with Crippen molar-refractivity contribution in [2.45, 2.75) is 13.3 Å². The molecule has 1 aromatic rings. The lowest BCUT2D eigenvalue weighted by atomic mass is 10.1. The summed E-state index contributed by atoms with van der Waals surface area (Å²) < 4.78 is 0. The first-order valence-electron chi connectivity index (χ1n) is 5.86. The first-order chi connectivity index (χ1) is 8.58. The van der Waals surface area contributed by atoms with Gasteiger partial charge in [-0.3, -0.25) is 4.79 Å². The molecule has 1 amide bonds. The fraction of sp³-hybridized carbons (Fsp3) is 0.286. The van der Waals surface area contributed by atoms with Crippen molar-refractivity contribution >= 4 is 11.9 Å². The highest BCUT2D eigenvalue weighted by atomic mass is 16.4. The van der Waals surface area contributed by atoms with Gasteiger partial charge in [0.15, 0.2) is 0 Å². The van der Waals surface area contributed by atoms with Gasteiger partial charge in [-0.1, -0.05) is 11.6 Å². The molecule has 1 aliphatic heterocycles. The van der Waals surface area contributed by atoms with Crippen LogP contribution in [0.3, 0.4) is 0 Å². The Hall–Kier alpha value is -2.10. The number of carboxylic acid groups (broad SMARTS) is 1. The molecular formula is C14H15NO3. The molecule has 0 saturated carbocycles. The summed E-state index contributed by atoms with van der Waals surface area (Å²) in [6, 6.07) is 6.06. The standard InChI is InChI=1S/C14H15NO3/c1-10-3-2-8-15(9-10)13(16)11-4-6-12(7-5-11)14(17)18/h3-7H,2,8-9H2,1H3,(H,17,18). The van der Waals surface area contributed by atoms with Crippen LogP contribution >= 0.6 is 0 Å². The van der Waals surface area contributed by atoms with Crippen LogP contribution in [0.4, 0.5) is 0 Å². The molecule has 1 N–H and O–H groups in total. The van der Waals surface area contributed by atoms with Crippen LogP contribution in [-0.2, 0) is 0 Å². The van der Waals surface area contributed by atoms with E-state index in [2.05, 4.69) is 6.08 Å². The largest absolute Gasteiger partial charge is 0.478 e. The van der Waals surface area contributed by atoms with Crippen LogP contribution in [-0.4, -0.2) is 35.0 Å². The first kappa shape index (κ1) is 12.4. The average Bonchev–Trinajstić information content (AvgIpc) is 2.38. The Balaban J connectivity index is 2.14. The number of carboxylic acids is 1. The molecule has 0 spiro atoms. The van der Waals surface area contributed by atoms with Crippen molar-refractivity contribution in [3.05, 3.63) is 47.0 Å². The maximum absolute atomic E-state index is 12.2. The van der Waals surface area contributed by atoms with E-state index in [0.29, 0.717) is 12.1 Å². The number of benzene rings is 1. The van der Waals surface area contributed by atoms with Crippen molar-refractivity contribution in [2.75, 3.05) is 13.1 Å². The second-order valence-electron chi connectivity index (χ2n) is 4.45. The molecule has 94 valence electrons. The fourth-order valence-corrected chi connectivity index (χ4v) is 2.02. The quantitative estimate of drug-likeness (QED) is 0.812. The third-order valence-corrected chi connectivity index (χ3v) is 3.00. The zero-order valence-electron chi connectivity index (χ0n) is 10.2. The van der Waals surface area contributed by atoms with Crippen LogP contribution in [0.15, 0.2) is 35.9 Å². The Bertz CT molecular complexity index is 502. The van der Waals surface area contributed by atoms with Crippen molar-refractivity contribution in [1.82, 2.24) is 4.90 Å². The highest BCUT2D eigenvalue weighted by Crippen LogP contribution is 2.13. The normalized spacial score (nSPS) is 15.2. The summed E-state index contributed by atoms with van der Waals surface area (Å²) >= 11 is 0. The van der Waals surface area contributed by atoms with Gasteiger partial charge in [0.25, 0.3) is 5.91 Å². The molecule has 0 aliphatic carbocycles. The number of nitrogens with zero attached hydrogens (tertiary/aromatic N) is 1. The van der Waals surface area contributed by atoms with Gasteiger partial charge < -0.3 is 10.0 Å². The summed E-state index contributed by atoms with van der Waals surface area (Å²) in [5.41, 5.74) is 1.92. The van der Waals surface area contributed by atoms with E-state index in [-0.39, 0.29) is 11.5 Å². The SMILES string of the molecule is CC1=CCCN(C(=O)c2ccc(C(=O)O)cc2)C1. The van der Waals surface area contributed by atoms with Crippen LogP contribution in [0.5, 0.6) is 0 Å². The van der Waals surface area contributed by atoms with Gasteiger partial charge in [-0.2, -0.15) is 0 Å². The van der Waals surface area contributed by atoms with E-state index in [1.54, 1.807) is 17.0 Å². The minimum absolute atomic E-state index is 0.0422. The van der Waals surface area contributed by atoms with Crippen molar-refractivity contribution in [3.8, 4) is 0 Å². The van der Waals surface area contributed by atoms with Crippen LogP contribution < -0.4 is 0 Å². The zero-order chi connectivity index (χ0) is 13.1. The molecule has 0 aromatic heterocycles. The minimum atomic E-state index is -0.981. The summed E-state index contributed by atoms with van der Waals surface area (Å²) in [4.78, 5) is 24.7. The molecule has 4 nitrogen and oxygen atoms in total. The predicted molar refractivity (Wildman–Crippen MR) is 67.7 cm³/mol. The lowest BCUT2D eigenvalue weighted by Crippen LogP contribution is -2.35. The van der Waals surface area contributed by atoms with Gasteiger partial charge in [-0.15, -0.1) is 0 Å². The molecular weight excluding hydrogens is 230 g/mol. The van der Waals surface area contributed by atoms with Gasteiger partial charge in [0.05, 0.1) is 5.56 Å². The number of amides is 1. The van der Waals surface area contributed by atoms with Crippen LogP contribution in [0.25, 0.3) is 0 Å². The molecule has 0 atom stereocenters. The van der Waals surface area contributed by atoms with Crippen LogP contribution in [0.2, 0.25) is 0 Å². The van der Waals surface area contributed by atoms with Gasteiger partial charge >= 0.3 is 5.97 Å². The smallest absolute Gasteiger partial charge is 0.335 e. The molecule has 0 radical (unpaired) electrons. The summed E-state index contributed by atoms with van der Waals surface area (Å²) in [5, 5.41) is 8.79. The average molecular weight is 245 g/mol. The molecule has 1 aromatic carbocycles. The second kappa shape index (κ2) is 5.04. The van der Waals surface area contributed by atoms with E-state index < -0.39 is 5.97 Å². The number of carbonyl (C=O) groups excluding carboxylic acids is 1. The third-order valence-electron chi connectivity index (χ3n) is 3.00. The monoisotopic (exact) mass is 245 g/mol. The number of rotatable bonds is 2. The number of hydrogen-bond acceptors (Lipinski definition) is 2. The molecule has 1 aliphatic rings. The van der Waals surface area contributed by atoms with Gasteiger partial charge in [-0.25, -0.2) is 4.79 Å². The molecule has 2 rings (SSSR count). The van der Waals surface area contributed by atoms with Crippen molar-refractivity contribution in [1.29, 1.82) is 0 Å². The third kappa shape index (κ3) is 2.59. The highest BCUT2D eigenvalue weighted by molar-refractivity contribution is 5.96. The highest BCUT2D eigenvalue weighted by Gasteiger charge is 2.18. The topological polar surface area (TPSA) is 57.6 Å². The van der Waals surface area contributed by atoms with Gasteiger partial charge in [0.1, 0.15) is 0 Å². The Kier molecular flexibility index (Phi) is 3.46. The molecule has 1 heterocycles. The van der Waals surface area contributed by atoms with Crippen molar-refractivity contribution in [3.63, 3.8) is 0 Å². The molecule has 0 unspecified atom stereocenters. The Morgan fingerprint density at radius 3 is 2.33 bits per heavy atom. The second-order valence-corrected chi connectivity index (χ2v) is 4.45. The summed E-state index contributed by atoms with van der Waals surface area (Å²) in [5.74, 6) is -1.02. The van der Waals surface area contributed by atoms with E-state index in [1.165, 1.54) is 17.7 Å². The Morgan fingerprint density at radius 2 is 1.78 bits per heavy atom. The fourth-order valence-electron chi connectivity index (χ4n) is 2.02. The molecule has 0 saturated heterocycles. The van der Waals surface area contributed by atoms with Gasteiger partial charge in [-0.05, 0) is 37.6 Å². The van der Waals surface area contributed by atoms with Gasteiger partial charge in [0.2, 0.25) is 0 Å². The Morgan fingerprint density at radius 1 is 1.17 bits per heavy atom. The summed E-state index contributed by atoms with van der Waals surface area (Å²) in [7, 11) is 0. The summed E-state index contributed by atoms with van der Waals surface area (Å²) in [6.45, 7) is 3.38. The number of hydrogen-bond donors (Lipinski definition) is 1. The lowest BCUT2D eigenvalue weighted by Gasteiger charge is -2.26. The number of aromatic carboxylic acids is 1. The van der Waals surface area contributed by atoms with Crippen LogP contribution in [0, 0.1) is 0 Å². The first-order valence-corrected chi connectivity index (χ1v) is 5.86. The Labute approximate surface area is 106 Å². The van der Waals surface area contributed by atoms with E-state index in [0.717, 1.165) is 13.0 Å². The number of carbonyl (C=O) groups is 2. The minimum Gasteiger partial charge on any atom is -0.478 e. The van der Waals surface area contributed by atoms with Crippen molar-refractivity contribution in [2.24, 2.45) is 0 Å². The van der Waals surface area contributed by atoms with E-state index in [1.807, 2.05) is 6.92 Å². The summed E-state index contributed by atoms with van der Waals surface area (Å²) in [6.07, 6.45) is 3.02. The lowest BCUT2D eigenvalue weighted by molar-refractivity contribution is 0.0694. The molecule has 0 bridgehead atoms.